The van der Waals surface area contributed by atoms with Crippen LogP contribution in [0.2, 0.25) is 0 Å². The second-order valence-corrected chi connectivity index (χ2v) is 10.8. The van der Waals surface area contributed by atoms with Gasteiger partial charge in [0.2, 0.25) is 0 Å². The molecule has 0 radical (unpaired) electrons. The summed E-state index contributed by atoms with van der Waals surface area (Å²) in [5, 5.41) is 11.5. The molecule has 35 heavy (non-hydrogen) atoms. The van der Waals surface area contributed by atoms with Gasteiger partial charge in [0.15, 0.2) is 0 Å². The second-order valence-electron chi connectivity index (χ2n) is 10.8. The Labute approximate surface area is 209 Å². The third-order valence-electron chi connectivity index (χ3n) is 7.81. The summed E-state index contributed by atoms with van der Waals surface area (Å²) in [6.07, 6.45) is 8.48. The minimum atomic E-state index is -0.568. The Balaban J connectivity index is 1.13. The first-order chi connectivity index (χ1) is 16.9. The second kappa shape index (κ2) is 10.2. The summed E-state index contributed by atoms with van der Waals surface area (Å²) in [5.74, 6) is 2.61. The van der Waals surface area contributed by atoms with Crippen LogP contribution in [-0.2, 0) is 6.42 Å². The van der Waals surface area contributed by atoms with Gasteiger partial charge >= 0.3 is 0 Å². The standard InChI is InChI=1S/C30H39N3O2/c1-21(2)35-27-12-7-11-26-29(27)32-28(31-26)13-8-17-33(3)18-16-30(34)20-23-14-15-24(30)19-25(23)22-9-5-4-6-10-22/h4-7,9-12,19,21,23-24,34H,8,13-18,20H2,1-3H3,(H,31,32)/t23-,24-,30+/m0/s1. The van der Waals surface area contributed by atoms with Crippen molar-refractivity contribution < 1.29 is 9.84 Å². The van der Waals surface area contributed by atoms with E-state index in [2.05, 4.69) is 59.4 Å². The highest BCUT2D eigenvalue weighted by molar-refractivity contribution is 5.81. The number of hydrogen-bond acceptors (Lipinski definition) is 4. The highest BCUT2D eigenvalue weighted by Gasteiger charge is 2.46. The van der Waals surface area contributed by atoms with Gasteiger partial charge in [-0.1, -0.05) is 42.5 Å². The van der Waals surface area contributed by atoms with Crippen LogP contribution in [0.4, 0.5) is 0 Å². The molecule has 1 saturated carbocycles. The number of hydrogen-bond donors (Lipinski definition) is 2. The van der Waals surface area contributed by atoms with Gasteiger partial charge in [-0.05, 0) is 88.7 Å². The number of H-pyrrole nitrogens is 1. The van der Waals surface area contributed by atoms with Crippen molar-refractivity contribution in [3.05, 3.63) is 66.0 Å². The normalized spacial score (nSPS) is 23.9. The Morgan fingerprint density at radius 2 is 1.94 bits per heavy atom. The smallest absolute Gasteiger partial charge is 0.147 e. The lowest BCUT2D eigenvalue weighted by Gasteiger charge is -2.48. The molecule has 3 aromatic rings. The van der Waals surface area contributed by atoms with Gasteiger partial charge in [0.1, 0.15) is 17.1 Å². The molecule has 1 aromatic heterocycles. The maximum absolute atomic E-state index is 11.5. The van der Waals surface area contributed by atoms with E-state index in [0.29, 0.717) is 5.92 Å². The van der Waals surface area contributed by atoms with Gasteiger partial charge in [-0.3, -0.25) is 0 Å². The molecule has 5 nitrogen and oxygen atoms in total. The molecule has 186 valence electrons. The number of para-hydroxylation sites is 1. The molecule has 3 aliphatic carbocycles. The van der Waals surface area contributed by atoms with Crippen molar-refractivity contribution in [3.63, 3.8) is 0 Å². The molecular formula is C30H39N3O2. The van der Waals surface area contributed by atoms with Crippen LogP contribution in [0, 0.1) is 11.8 Å². The zero-order chi connectivity index (χ0) is 24.4. The van der Waals surface area contributed by atoms with Crippen molar-refractivity contribution >= 4 is 16.6 Å². The number of aryl methyl sites for hydroxylation is 1. The molecular weight excluding hydrogens is 434 g/mol. The summed E-state index contributed by atoms with van der Waals surface area (Å²) in [6, 6.07) is 16.8. The number of nitrogens with one attached hydrogen (secondary N) is 1. The lowest BCUT2D eigenvalue weighted by molar-refractivity contribution is -0.0574. The summed E-state index contributed by atoms with van der Waals surface area (Å²) < 4.78 is 5.92. The first-order valence-corrected chi connectivity index (χ1v) is 13.2. The summed E-state index contributed by atoms with van der Waals surface area (Å²) in [6.45, 7) is 5.98. The van der Waals surface area contributed by atoms with Crippen LogP contribution in [0.3, 0.4) is 0 Å². The number of rotatable bonds is 10. The minimum Gasteiger partial charge on any atom is -0.489 e. The molecule has 5 heteroatoms. The van der Waals surface area contributed by atoms with Gasteiger partial charge in [0.25, 0.3) is 0 Å². The monoisotopic (exact) mass is 473 g/mol. The molecule has 0 amide bonds. The number of ether oxygens (including phenoxy) is 1. The van der Waals surface area contributed by atoms with Gasteiger partial charge in [-0.15, -0.1) is 0 Å². The fraction of sp³-hybridized carbons (Fsp3) is 0.500. The van der Waals surface area contributed by atoms with E-state index in [9.17, 15) is 5.11 Å². The van der Waals surface area contributed by atoms with E-state index in [1.165, 1.54) is 17.6 Å². The number of nitrogens with zero attached hydrogens (tertiary/aromatic N) is 2. The highest BCUT2D eigenvalue weighted by Crippen LogP contribution is 2.51. The average Bonchev–Trinajstić information content (AvgIpc) is 3.27. The zero-order valence-corrected chi connectivity index (χ0v) is 21.3. The number of aromatic nitrogens is 2. The number of aliphatic hydroxyl groups is 1. The largest absolute Gasteiger partial charge is 0.489 e. The van der Waals surface area contributed by atoms with Crippen molar-refractivity contribution in [2.45, 2.75) is 64.1 Å². The SMILES string of the molecule is CC(C)Oc1cccc2[nH]c(CCCN(C)CC[C@@]3(O)C[C@@H]4CC[C@H]3C=C4c3ccccc3)nc12. The number of aromatic amines is 1. The molecule has 2 aromatic carbocycles. The number of benzene rings is 2. The Hall–Kier alpha value is -2.63. The quantitative estimate of drug-likeness (QED) is 0.388. The van der Waals surface area contributed by atoms with Crippen LogP contribution < -0.4 is 4.74 Å². The van der Waals surface area contributed by atoms with E-state index in [0.717, 1.165) is 67.8 Å². The number of imidazole rings is 1. The fourth-order valence-electron chi connectivity index (χ4n) is 5.97. The molecule has 6 rings (SSSR count). The van der Waals surface area contributed by atoms with E-state index < -0.39 is 5.60 Å². The van der Waals surface area contributed by atoms with Crippen LogP contribution in [0.1, 0.15) is 57.3 Å². The Morgan fingerprint density at radius 3 is 2.69 bits per heavy atom. The lowest BCUT2D eigenvalue weighted by atomic mass is 9.61. The van der Waals surface area contributed by atoms with Crippen LogP contribution in [0.25, 0.3) is 16.6 Å². The van der Waals surface area contributed by atoms with Crippen LogP contribution in [0.15, 0.2) is 54.6 Å². The molecule has 0 saturated heterocycles. The first-order valence-electron chi connectivity index (χ1n) is 13.2. The van der Waals surface area contributed by atoms with Crippen molar-refractivity contribution in [1.82, 2.24) is 14.9 Å². The molecule has 0 aliphatic heterocycles. The first kappa shape index (κ1) is 24.1. The lowest BCUT2D eigenvalue weighted by Crippen LogP contribution is -2.48. The van der Waals surface area contributed by atoms with Crippen molar-refractivity contribution in [3.8, 4) is 5.75 Å². The minimum absolute atomic E-state index is 0.129. The topological polar surface area (TPSA) is 61.4 Å². The molecule has 1 fully saturated rings. The molecule has 3 atom stereocenters. The summed E-state index contributed by atoms with van der Waals surface area (Å²) in [7, 11) is 2.17. The van der Waals surface area contributed by atoms with Crippen LogP contribution in [-0.4, -0.2) is 51.8 Å². The van der Waals surface area contributed by atoms with Gasteiger partial charge in [-0.25, -0.2) is 4.98 Å². The average molecular weight is 474 g/mol. The third-order valence-corrected chi connectivity index (χ3v) is 7.81. The van der Waals surface area contributed by atoms with E-state index in [-0.39, 0.29) is 12.0 Å². The highest BCUT2D eigenvalue weighted by atomic mass is 16.5. The zero-order valence-electron chi connectivity index (χ0n) is 21.3. The molecule has 2 bridgehead atoms. The van der Waals surface area contributed by atoms with Gasteiger partial charge in [-0.2, -0.15) is 0 Å². The molecule has 0 unspecified atom stereocenters. The summed E-state index contributed by atoms with van der Waals surface area (Å²) >= 11 is 0. The predicted molar refractivity (Wildman–Crippen MR) is 142 cm³/mol. The van der Waals surface area contributed by atoms with Crippen molar-refractivity contribution in [2.75, 3.05) is 20.1 Å². The van der Waals surface area contributed by atoms with Crippen molar-refractivity contribution in [2.24, 2.45) is 11.8 Å². The Bertz CT molecular complexity index is 1170. The summed E-state index contributed by atoms with van der Waals surface area (Å²) in [4.78, 5) is 10.6. The third kappa shape index (κ3) is 5.31. The van der Waals surface area contributed by atoms with Gasteiger partial charge in [0.05, 0.1) is 17.2 Å². The van der Waals surface area contributed by atoms with E-state index in [4.69, 9.17) is 9.72 Å². The van der Waals surface area contributed by atoms with Crippen LogP contribution >= 0.6 is 0 Å². The molecule has 1 heterocycles. The van der Waals surface area contributed by atoms with E-state index in [1.54, 1.807) is 0 Å². The fourth-order valence-corrected chi connectivity index (χ4v) is 5.97. The molecule has 0 spiro atoms. The number of allylic oxidation sites excluding steroid dienone is 1. The Kier molecular flexibility index (Phi) is 6.99. The molecule has 3 aliphatic rings. The maximum Gasteiger partial charge on any atom is 0.147 e. The van der Waals surface area contributed by atoms with Crippen molar-refractivity contribution in [1.29, 1.82) is 0 Å². The maximum atomic E-state index is 11.5. The number of fused-ring (bicyclic) bond motifs is 3. The molecule has 2 N–H and O–H groups in total. The summed E-state index contributed by atoms with van der Waals surface area (Å²) in [5.41, 5.74) is 4.16. The predicted octanol–water partition coefficient (Wildman–Crippen LogP) is 5.85. The Morgan fingerprint density at radius 1 is 1.11 bits per heavy atom. The van der Waals surface area contributed by atoms with Crippen LogP contribution in [0.5, 0.6) is 5.75 Å². The van der Waals surface area contributed by atoms with E-state index >= 15 is 0 Å². The van der Waals surface area contributed by atoms with Gasteiger partial charge < -0.3 is 19.7 Å². The van der Waals surface area contributed by atoms with Gasteiger partial charge in [0, 0.05) is 18.9 Å². The van der Waals surface area contributed by atoms with E-state index in [1.807, 2.05) is 26.0 Å².